The molecule has 0 aromatic heterocycles. The minimum Gasteiger partial charge on any atom is -0.493 e. The number of rotatable bonds is 8. The predicted molar refractivity (Wildman–Crippen MR) is 108 cm³/mol. The van der Waals surface area contributed by atoms with Crippen LogP contribution in [0.2, 0.25) is 0 Å². The second-order valence-electron chi connectivity index (χ2n) is 6.34. The third-order valence-corrected chi connectivity index (χ3v) is 5.45. The van der Waals surface area contributed by atoms with Gasteiger partial charge in [-0.1, -0.05) is 0 Å². The summed E-state index contributed by atoms with van der Waals surface area (Å²) < 4.78 is 11.3. The molecule has 0 spiro atoms. The number of amides is 2. The molecule has 1 fully saturated rings. The fourth-order valence-corrected chi connectivity index (χ4v) is 3.80. The molecule has 1 atom stereocenters. The molecule has 0 radical (unpaired) electrons. The average Bonchev–Trinajstić information content (AvgIpc) is 2.64. The Labute approximate surface area is 167 Å². The van der Waals surface area contributed by atoms with E-state index >= 15 is 0 Å². The van der Waals surface area contributed by atoms with Crippen LogP contribution >= 0.6 is 22.6 Å². The number of likely N-dealkylation sites (tertiary alicyclic amines) is 1. The van der Waals surface area contributed by atoms with Gasteiger partial charge in [-0.2, -0.15) is 0 Å². The molecule has 1 aromatic rings. The Kier molecular flexibility index (Phi) is 7.95. The Bertz CT molecular complexity index is 654. The summed E-state index contributed by atoms with van der Waals surface area (Å²) in [6.45, 7) is 3.11. The molecule has 7 nitrogen and oxygen atoms in total. The van der Waals surface area contributed by atoms with Crippen LogP contribution in [0.1, 0.15) is 29.6 Å². The van der Waals surface area contributed by atoms with Crippen LogP contribution < -0.4 is 20.5 Å². The predicted octanol–water partition coefficient (Wildman–Crippen LogP) is 1.63. The molecular formula is C18H26IN3O4. The van der Waals surface area contributed by atoms with E-state index in [2.05, 4.69) is 32.8 Å². The summed E-state index contributed by atoms with van der Waals surface area (Å²) in [5, 5.41) is 2.94. The zero-order chi connectivity index (χ0) is 19.1. The molecule has 144 valence electrons. The lowest BCUT2D eigenvalue weighted by atomic mass is 9.97. The lowest BCUT2D eigenvalue weighted by molar-refractivity contribution is -0.123. The molecule has 0 saturated carbocycles. The molecule has 2 rings (SSSR count). The zero-order valence-corrected chi connectivity index (χ0v) is 17.4. The Morgan fingerprint density at radius 3 is 2.65 bits per heavy atom. The Balaban J connectivity index is 1.83. The number of methoxy groups -OCH3 is 2. The van der Waals surface area contributed by atoms with E-state index in [0.717, 1.165) is 42.5 Å². The number of nitrogens with zero attached hydrogens (tertiary/aromatic N) is 1. The SMILES string of the molecule is COc1cc(I)c(C(=O)NCCCN2CCCC(C(N)=O)C2)cc1OC. The topological polar surface area (TPSA) is 93.9 Å². The quantitative estimate of drug-likeness (QED) is 0.441. The Morgan fingerprint density at radius 1 is 1.31 bits per heavy atom. The molecule has 3 N–H and O–H groups in total. The average molecular weight is 475 g/mol. The Hall–Kier alpha value is -1.55. The summed E-state index contributed by atoms with van der Waals surface area (Å²) in [6.07, 6.45) is 2.69. The smallest absolute Gasteiger partial charge is 0.252 e. The Morgan fingerprint density at radius 2 is 2.00 bits per heavy atom. The monoisotopic (exact) mass is 475 g/mol. The van der Waals surface area contributed by atoms with Crippen LogP contribution in [0.3, 0.4) is 0 Å². The molecule has 8 heteroatoms. The molecule has 1 aliphatic heterocycles. The number of halogens is 1. The molecule has 1 heterocycles. The molecular weight excluding hydrogens is 449 g/mol. The standard InChI is InChI=1S/C18H26IN3O4/c1-25-15-9-13(14(19)10-16(15)26-2)18(24)21-6-4-8-22-7-3-5-12(11-22)17(20)23/h9-10,12H,3-8,11H2,1-2H3,(H2,20,23)(H,21,24). The number of hydrogen-bond donors (Lipinski definition) is 2. The third kappa shape index (κ3) is 5.47. The summed E-state index contributed by atoms with van der Waals surface area (Å²) in [5.41, 5.74) is 5.97. The number of nitrogens with one attached hydrogen (secondary N) is 1. The molecule has 2 amide bonds. The number of carbonyl (C=O) groups excluding carboxylic acids is 2. The van der Waals surface area contributed by atoms with Gasteiger partial charge in [-0.25, -0.2) is 0 Å². The summed E-state index contributed by atoms with van der Waals surface area (Å²) in [6, 6.07) is 3.48. The largest absolute Gasteiger partial charge is 0.493 e. The molecule has 1 aliphatic rings. The second-order valence-corrected chi connectivity index (χ2v) is 7.50. The minimum atomic E-state index is -0.217. The van der Waals surface area contributed by atoms with Crippen LogP contribution in [0.25, 0.3) is 0 Å². The van der Waals surface area contributed by atoms with Gasteiger partial charge in [0.15, 0.2) is 11.5 Å². The minimum absolute atomic E-state index is 0.0494. The van der Waals surface area contributed by atoms with E-state index in [1.54, 1.807) is 26.4 Å². The summed E-state index contributed by atoms with van der Waals surface area (Å²) >= 11 is 2.11. The summed E-state index contributed by atoms with van der Waals surface area (Å²) in [7, 11) is 3.11. The molecule has 1 saturated heterocycles. The fraction of sp³-hybridized carbons (Fsp3) is 0.556. The van der Waals surface area contributed by atoms with Crippen LogP contribution in [0, 0.1) is 9.49 Å². The van der Waals surface area contributed by atoms with Crippen molar-refractivity contribution in [2.45, 2.75) is 19.3 Å². The molecule has 0 aliphatic carbocycles. The highest BCUT2D eigenvalue weighted by Gasteiger charge is 2.23. The number of carbonyl (C=O) groups is 2. The van der Waals surface area contributed by atoms with E-state index in [9.17, 15) is 9.59 Å². The van der Waals surface area contributed by atoms with Crippen molar-refractivity contribution in [3.05, 3.63) is 21.3 Å². The van der Waals surface area contributed by atoms with E-state index in [4.69, 9.17) is 15.2 Å². The van der Waals surface area contributed by atoms with E-state index in [-0.39, 0.29) is 17.7 Å². The summed E-state index contributed by atoms with van der Waals surface area (Å²) in [4.78, 5) is 26.0. The fourth-order valence-electron chi connectivity index (χ4n) is 3.12. The van der Waals surface area contributed by atoms with Gasteiger partial charge in [-0.3, -0.25) is 9.59 Å². The van der Waals surface area contributed by atoms with E-state index in [0.29, 0.717) is 23.6 Å². The normalized spacial score (nSPS) is 17.6. The number of piperidine rings is 1. The highest BCUT2D eigenvalue weighted by Crippen LogP contribution is 2.31. The number of hydrogen-bond acceptors (Lipinski definition) is 5. The number of nitrogens with two attached hydrogens (primary N) is 1. The van der Waals surface area contributed by atoms with Gasteiger partial charge < -0.3 is 25.4 Å². The van der Waals surface area contributed by atoms with Gasteiger partial charge in [0.2, 0.25) is 5.91 Å². The molecule has 0 bridgehead atoms. The lowest BCUT2D eigenvalue weighted by Gasteiger charge is -2.31. The number of primary amides is 1. The maximum atomic E-state index is 12.4. The van der Waals surface area contributed by atoms with Gasteiger partial charge in [0.1, 0.15) is 0 Å². The van der Waals surface area contributed by atoms with Crippen molar-refractivity contribution in [3.63, 3.8) is 0 Å². The van der Waals surface area contributed by atoms with Crippen molar-refractivity contribution in [2.24, 2.45) is 11.7 Å². The van der Waals surface area contributed by atoms with E-state index < -0.39 is 0 Å². The molecule has 26 heavy (non-hydrogen) atoms. The van der Waals surface area contributed by atoms with Gasteiger partial charge in [-0.05, 0) is 67.1 Å². The zero-order valence-electron chi connectivity index (χ0n) is 15.2. The van der Waals surface area contributed by atoms with Crippen molar-refractivity contribution in [3.8, 4) is 11.5 Å². The molecule has 1 unspecified atom stereocenters. The highest BCUT2D eigenvalue weighted by molar-refractivity contribution is 14.1. The second kappa shape index (κ2) is 9.96. The van der Waals surface area contributed by atoms with Crippen molar-refractivity contribution >= 4 is 34.4 Å². The van der Waals surface area contributed by atoms with Crippen LogP contribution in [0.4, 0.5) is 0 Å². The number of benzene rings is 1. The van der Waals surface area contributed by atoms with Gasteiger partial charge in [-0.15, -0.1) is 0 Å². The van der Waals surface area contributed by atoms with Gasteiger partial charge in [0.05, 0.1) is 25.7 Å². The van der Waals surface area contributed by atoms with Crippen molar-refractivity contribution in [2.75, 3.05) is 40.4 Å². The number of ether oxygens (including phenoxy) is 2. The highest BCUT2D eigenvalue weighted by atomic mass is 127. The van der Waals surface area contributed by atoms with E-state index in [1.165, 1.54) is 0 Å². The first kappa shape index (κ1) is 20.8. The van der Waals surface area contributed by atoms with Crippen LogP contribution in [0.5, 0.6) is 11.5 Å². The third-order valence-electron chi connectivity index (χ3n) is 4.56. The van der Waals surface area contributed by atoms with Crippen LogP contribution in [-0.2, 0) is 4.79 Å². The van der Waals surface area contributed by atoms with Crippen molar-refractivity contribution in [1.82, 2.24) is 10.2 Å². The molecule has 1 aromatic carbocycles. The van der Waals surface area contributed by atoms with E-state index in [1.807, 2.05) is 0 Å². The summed E-state index contributed by atoms with van der Waals surface area (Å²) in [5.74, 6) is 0.730. The van der Waals surface area contributed by atoms with Crippen LogP contribution in [-0.4, -0.2) is 57.1 Å². The first-order valence-corrected chi connectivity index (χ1v) is 9.75. The van der Waals surface area contributed by atoms with Crippen molar-refractivity contribution < 1.29 is 19.1 Å². The van der Waals surface area contributed by atoms with Gasteiger partial charge >= 0.3 is 0 Å². The maximum Gasteiger partial charge on any atom is 0.252 e. The first-order chi connectivity index (χ1) is 12.5. The van der Waals surface area contributed by atoms with Gasteiger partial charge in [0.25, 0.3) is 5.91 Å². The first-order valence-electron chi connectivity index (χ1n) is 8.67. The van der Waals surface area contributed by atoms with Crippen LogP contribution in [0.15, 0.2) is 12.1 Å². The van der Waals surface area contributed by atoms with Gasteiger partial charge in [0, 0.05) is 16.7 Å². The maximum absolute atomic E-state index is 12.4. The lowest BCUT2D eigenvalue weighted by Crippen LogP contribution is -2.42. The van der Waals surface area contributed by atoms with Crippen molar-refractivity contribution in [1.29, 1.82) is 0 Å².